The van der Waals surface area contributed by atoms with Crippen LogP contribution >= 0.6 is 23.2 Å². The first kappa shape index (κ1) is 19.5. The fourth-order valence-electron chi connectivity index (χ4n) is 4.43. The average Bonchev–Trinajstić information content (AvgIpc) is 3.11. The molecule has 0 aliphatic carbocycles. The van der Waals surface area contributed by atoms with Gasteiger partial charge in [0.1, 0.15) is 6.61 Å². The SMILES string of the molecule is CCc1ccc(Cl)c2c(Cl)c3c(nc12)-c1cc2c(c(=O)n1C3)COC(=O)[C@]2(O)CC. The molecule has 0 unspecified atom stereocenters. The summed E-state index contributed by atoms with van der Waals surface area (Å²) in [6, 6.07) is 5.40. The minimum Gasteiger partial charge on any atom is -0.458 e. The summed E-state index contributed by atoms with van der Waals surface area (Å²) in [5, 5.41) is 12.6. The topological polar surface area (TPSA) is 81.4 Å². The first-order valence-corrected chi connectivity index (χ1v) is 10.5. The monoisotopic (exact) mass is 444 g/mol. The standard InChI is InChI=1S/C22H18Cl2N2O4/c1-3-10-5-6-14(23)16-17(24)11-8-26-15(19(11)25-18(10)16)7-13-12(20(26)27)9-30-21(28)22(13,29)4-2/h5-7,29H,3-4,8-9H2,1-2H3/t22-/m0/s1. The zero-order chi connectivity index (χ0) is 21.4. The molecular formula is C22H18Cl2N2O4. The maximum Gasteiger partial charge on any atom is 0.343 e. The van der Waals surface area contributed by atoms with Gasteiger partial charge in [-0.15, -0.1) is 0 Å². The van der Waals surface area contributed by atoms with Crippen molar-refractivity contribution in [2.75, 3.05) is 0 Å². The third kappa shape index (κ3) is 2.38. The van der Waals surface area contributed by atoms with E-state index in [0.29, 0.717) is 37.9 Å². The van der Waals surface area contributed by atoms with Crippen LogP contribution in [0.4, 0.5) is 0 Å². The zero-order valence-electron chi connectivity index (χ0n) is 16.4. The predicted octanol–water partition coefficient (Wildman–Crippen LogP) is 3.95. The van der Waals surface area contributed by atoms with Crippen molar-refractivity contribution < 1.29 is 14.6 Å². The number of benzene rings is 1. The highest BCUT2D eigenvalue weighted by molar-refractivity contribution is 6.43. The minimum absolute atomic E-state index is 0.0933. The lowest BCUT2D eigenvalue weighted by Crippen LogP contribution is -2.44. The van der Waals surface area contributed by atoms with Crippen LogP contribution in [0.3, 0.4) is 0 Å². The van der Waals surface area contributed by atoms with Crippen LogP contribution in [-0.2, 0) is 34.7 Å². The lowest BCUT2D eigenvalue weighted by Gasteiger charge is -2.31. The third-order valence-electron chi connectivity index (χ3n) is 6.19. The van der Waals surface area contributed by atoms with Crippen molar-refractivity contribution >= 4 is 40.1 Å². The molecule has 8 heteroatoms. The summed E-state index contributed by atoms with van der Waals surface area (Å²) in [7, 11) is 0. The summed E-state index contributed by atoms with van der Waals surface area (Å²) in [5.74, 6) is -0.746. The highest BCUT2D eigenvalue weighted by Crippen LogP contribution is 2.43. The van der Waals surface area contributed by atoms with Crippen LogP contribution < -0.4 is 5.56 Å². The number of aliphatic hydroxyl groups is 1. The molecule has 1 N–H and O–H groups in total. The molecular weight excluding hydrogens is 427 g/mol. The van der Waals surface area contributed by atoms with E-state index >= 15 is 0 Å². The zero-order valence-corrected chi connectivity index (χ0v) is 17.9. The molecule has 30 heavy (non-hydrogen) atoms. The van der Waals surface area contributed by atoms with Gasteiger partial charge in [-0.2, -0.15) is 0 Å². The van der Waals surface area contributed by atoms with Gasteiger partial charge in [-0.25, -0.2) is 9.78 Å². The summed E-state index contributed by atoms with van der Waals surface area (Å²) >= 11 is 13.2. The quantitative estimate of drug-likeness (QED) is 0.473. The van der Waals surface area contributed by atoms with Crippen molar-refractivity contribution in [3.05, 3.63) is 60.9 Å². The molecule has 2 aliphatic rings. The van der Waals surface area contributed by atoms with Crippen molar-refractivity contribution in [2.45, 2.75) is 45.4 Å². The van der Waals surface area contributed by atoms with E-state index in [2.05, 4.69) is 0 Å². The minimum atomic E-state index is -1.86. The van der Waals surface area contributed by atoms with Gasteiger partial charge in [-0.3, -0.25) is 4.79 Å². The number of hydrogen-bond donors (Lipinski definition) is 1. The fraction of sp³-hybridized carbons (Fsp3) is 0.318. The molecule has 0 saturated carbocycles. The molecule has 0 bridgehead atoms. The van der Waals surface area contributed by atoms with Gasteiger partial charge >= 0.3 is 5.97 Å². The van der Waals surface area contributed by atoms with Crippen LogP contribution in [0.2, 0.25) is 10.0 Å². The van der Waals surface area contributed by atoms with Crippen molar-refractivity contribution in [3.63, 3.8) is 0 Å². The van der Waals surface area contributed by atoms with Crippen molar-refractivity contribution in [2.24, 2.45) is 0 Å². The second-order valence-electron chi connectivity index (χ2n) is 7.64. The van der Waals surface area contributed by atoms with Crippen LogP contribution in [-0.4, -0.2) is 20.6 Å². The van der Waals surface area contributed by atoms with E-state index in [-0.39, 0.29) is 36.3 Å². The van der Waals surface area contributed by atoms with Gasteiger partial charge in [0.2, 0.25) is 0 Å². The van der Waals surface area contributed by atoms with E-state index in [4.69, 9.17) is 32.9 Å². The van der Waals surface area contributed by atoms with Gasteiger partial charge in [-0.05, 0) is 30.5 Å². The van der Waals surface area contributed by atoms with E-state index in [9.17, 15) is 14.7 Å². The number of hydrogen-bond acceptors (Lipinski definition) is 5. The average molecular weight is 445 g/mol. The Bertz CT molecular complexity index is 1330. The molecule has 154 valence electrons. The molecule has 6 nitrogen and oxygen atoms in total. The van der Waals surface area contributed by atoms with Gasteiger partial charge in [0.25, 0.3) is 5.56 Å². The van der Waals surface area contributed by atoms with Gasteiger partial charge in [-0.1, -0.05) is 43.1 Å². The van der Waals surface area contributed by atoms with Crippen molar-refractivity contribution in [1.82, 2.24) is 9.55 Å². The number of cyclic esters (lactones) is 1. The lowest BCUT2D eigenvalue weighted by molar-refractivity contribution is -0.172. The summed E-state index contributed by atoms with van der Waals surface area (Å²) in [6.07, 6.45) is 0.838. The van der Waals surface area contributed by atoms with Crippen LogP contribution in [0.1, 0.15) is 42.5 Å². The van der Waals surface area contributed by atoms with E-state index in [1.165, 1.54) is 0 Å². The Kier molecular flexibility index (Phi) is 4.26. The number of esters is 1. The Balaban J connectivity index is 1.86. The number of aryl methyl sites for hydroxylation is 1. The molecule has 2 aliphatic heterocycles. The van der Waals surface area contributed by atoms with Crippen molar-refractivity contribution in [1.29, 1.82) is 0 Å². The molecule has 1 atom stereocenters. The van der Waals surface area contributed by atoms with E-state index < -0.39 is 11.6 Å². The van der Waals surface area contributed by atoms with E-state index in [1.807, 2.05) is 13.0 Å². The molecule has 4 heterocycles. The van der Waals surface area contributed by atoms with Crippen LogP contribution in [0.25, 0.3) is 22.3 Å². The van der Waals surface area contributed by atoms with Gasteiger partial charge < -0.3 is 14.4 Å². The molecule has 1 aromatic carbocycles. The number of carbonyl (C=O) groups is 1. The smallest absolute Gasteiger partial charge is 0.343 e. The molecule has 5 rings (SSSR count). The number of fused-ring (bicyclic) bond motifs is 5. The Morgan fingerprint density at radius 2 is 2.00 bits per heavy atom. The summed E-state index contributed by atoms with van der Waals surface area (Å²) in [4.78, 5) is 30.4. The molecule has 3 aromatic rings. The Morgan fingerprint density at radius 1 is 1.23 bits per heavy atom. The van der Waals surface area contributed by atoms with Gasteiger partial charge in [0.15, 0.2) is 5.60 Å². The van der Waals surface area contributed by atoms with Crippen molar-refractivity contribution in [3.8, 4) is 11.4 Å². The molecule has 0 saturated heterocycles. The molecule has 0 amide bonds. The maximum atomic E-state index is 13.2. The maximum absolute atomic E-state index is 13.2. The molecule has 2 aromatic heterocycles. The number of rotatable bonds is 2. The first-order valence-electron chi connectivity index (χ1n) is 9.78. The molecule has 0 spiro atoms. The Hall–Kier alpha value is -2.41. The van der Waals surface area contributed by atoms with E-state index in [0.717, 1.165) is 12.0 Å². The fourth-order valence-corrected chi connectivity index (χ4v) is 5.07. The van der Waals surface area contributed by atoms with E-state index in [1.54, 1.807) is 23.6 Å². The second-order valence-corrected chi connectivity index (χ2v) is 8.42. The third-order valence-corrected chi connectivity index (χ3v) is 6.92. The Morgan fingerprint density at radius 3 is 2.70 bits per heavy atom. The predicted molar refractivity (Wildman–Crippen MR) is 114 cm³/mol. The molecule has 0 fully saturated rings. The molecule has 0 radical (unpaired) electrons. The first-order chi connectivity index (χ1) is 14.3. The number of carbonyl (C=O) groups excluding carboxylic acids is 1. The number of nitrogens with zero attached hydrogens (tertiary/aromatic N) is 2. The van der Waals surface area contributed by atoms with Crippen LogP contribution in [0.15, 0.2) is 23.0 Å². The van der Waals surface area contributed by atoms with Crippen LogP contribution in [0.5, 0.6) is 0 Å². The highest BCUT2D eigenvalue weighted by Gasteiger charge is 2.45. The summed E-state index contributed by atoms with van der Waals surface area (Å²) in [5.41, 5.74) is 1.87. The lowest BCUT2D eigenvalue weighted by atomic mass is 9.86. The second kappa shape index (κ2) is 6.54. The summed E-state index contributed by atoms with van der Waals surface area (Å²) < 4.78 is 6.67. The van der Waals surface area contributed by atoms with Crippen LogP contribution in [0, 0.1) is 0 Å². The highest BCUT2D eigenvalue weighted by atomic mass is 35.5. The normalized spacial score (nSPS) is 19.4. The number of ether oxygens (including phenoxy) is 1. The number of halogens is 2. The number of pyridine rings is 2. The van der Waals surface area contributed by atoms with Gasteiger partial charge in [0.05, 0.1) is 39.1 Å². The largest absolute Gasteiger partial charge is 0.458 e. The number of aromatic nitrogens is 2. The van der Waals surface area contributed by atoms with Gasteiger partial charge in [0, 0.05) is 16.5 Å². The Labute approximate surface area is 182 Å². The summed E-state index contributed by atoms with van der Waals surface area (Å²) in [6.45, 7) is 3.77.